The molecule has 0 aliphatic heterocycles. The summed E-state index contributed by atoms with van der Waals surface area (Å²) in [5.74, 6) is -0.688. The summed E-state index contributed by atoms with van der Waals surface area (Å²) < 4.78 is 0. The first-order valence-electron chi connectivity index (χ1n) is 6.43. The van der Waals surface area contributed by atoms with Crippen molar-refractivity contribution < 1.29 is 9.90 Å². The van der Waals surface area contributed by atoms with E-state index in [-0.39, 0.29) is 6.42 Å². The van der Waals surface area contributed by atoms with Crippen molar-refractivity contribution in [2.24, 2.45) is 5.41 Å². The van der Waals surface area contributed by atoms with Gasteiger partial charge < -0.3 is 5.11 Å². The van der Waals surface area contributed by atoms with Gasteiger partial charge in [0.1, 0.15) is 0 Å². The highest BCUT2D eigenvalue weighted by molar-refractivity contribution is 5.66. The molecule has 0 aromatic heterocycles. The number of nitrogens with zero attached hydrogens (tertiary/aromatic N) is 1. The average molecular weight is 227 g/mol. The molecule has 0 spiro atoms. The standard InChI is InChI=1S/C13H25NO2/c1-4-14(10-8-12(15)16)11-7-5-6-9-13(11,2)3/h11H,4-10H2,1-3H3,(H,15,16). The Hall–Kier alpha value is -0.570. The van der Waals surface area contributed by atoms with Crippen molar-refractivity contribution in [3.8, 4) is 0 Å². The first-order valence-corrected chi connectivity index (χ1v) is 6.43. The second-order valence-electron chi connectivity index (χ2n) is 5.52. The predicted octanol–water partition coefficient (Wildman–Crippen LogP) is 2.75. The molecule has 1 rings (SSSR count). The van der Waals surface area contributed by atoms with E-state index in [1.165, 1.54) is 25.7 Å². The van der Waals surface area contributed by atoms with Gasteiger partial charge >= 0.3 is 5.97 Å². The number of hydrogen-bond acceptors (Lipinski definition) is 2. The van der Waals surface area contributed by atoms with Crippen molar-refractivity contribution in [3.63, 3.8) is 0 Å². The van der Waals surface area contributed by atoms with Crippen LogP contribution >= 0.6 is 0 Å². The SMILES string of the molecule is CCN(CCC(=O)O)C1CCCCC1(C)C. The van der Waals surface area contributed by atoms with Gasteiger partial charge in [-0.15, -0.1) is 0 Å². The van der Waals surface area contributed by atoms with Crippen molar-refractivity contribution in [2.45, 2.75) is 58.9 Å². The van der Waals surface area contributed by atoms with Crippen LogP contribution in [0.5, 0.6) is 0 Å². The van der Waals surface area contributed by atoms with Crippen molar-refractivity contribution in [1.82, 2.24) is 4.90 Å². The molecule has 94 valence electrons. The number of hydrogen-bond donors (Lipinski definition) is 1. The van der Waals surface area contributed by atoms with Crippen molar-refractivity contribution >= 4 is 5.97 Å². The molecule has 0 radical (unpaired) electrons. The lowest BCUT2D eigenvalue weighted by atomic mass is 9.72. The maximum Gasteiger partial charge on any atom is 0.304 e. The van der Waals surface area contributed by atoms with Crippen molar-refractivity contribution in [1.29, 1.82) is 0 Å². The van der Waals surface area contributed by atoms with Crippen LogP contribution < -0.4 is 0 Å². The zero-order valence-electron chi connectivity index (χ0n) is 10.8. The molecule has 0 amide bonds. The fourth-order valence-electron chi connectivity index (χ4n) is 2.93. The summed E-state index contributed by atoms with van der Waals surface area (Å²) >= 11 is 0. The Kier molecular flexibility index (Phi) is 4.78. The first kappa shape index (κ1) is 13.5. The molecule has 0 bridgehead atoms. The van der Waals surface area contributed by atoms with Crippen LogP contribution in [-0.4, -0.2) is 35.1 Å². The lowest BCUT2D eigenvalue weighted by molar-refractivity contribution is -0.137. The Balaban J connectivity index is 2.59. The monoisotopic (exact) mass is 227 g/mol. The van der Waals surface area contributed by atoms with Gasteiger partial charge in [0, 0.05) is 12.6 Å². The maximum absolute atomic E-state index is 10.6. The number of aliphatic carboxylic acids is 1. The Bertz CT molecular complexity index is 238. The summed E-state index contributed by atoms with van der Waals surface area (Å²) in [7, 11) is 0. The third-order valence-corrected chi connectivity index (χ3v) is 3.91. The van der Waals surface area contributed by atoms with Gasteiger partial charge in [-0.05, 0) is 24.8 Å². The van der Waals surface area contributed by atoms with Gasteiger partial charge in [0.25, 0.3) is 0 Å². The molecule has 1 N–H and O–H groups in total. The third-order valence-electron chi connectivity index (χ3n) is 3.91. The molecule has 1 aliphatic carbocycles. The Morgan fingerprint density at radius 1 is 1.44 bits per heavy atom. The van der Waals surface area contributed by atoms with Gasteiger partial charge in [-0.25, -0.2) is 0 Å². The van der Waals surface area contributed by atoms with Crippen LogP contribution in [0.2, 0.25) is 0 Å². The van der Waals surface area contributed by atoms with Gasteiger partial charge in [-0.2, -0.15) is 0 Å². The van der Waals surface area contributed by atoms with Crippen molar-refractivity contribution in [3.05, 3.63) is 0 Å². The first-order chi connectivity index (χ1) is 7.47. The average Bonchev–Trinajstić information content (AvgIpc) is 2.20. The van der Waals surface area contributed by atoms with E-state index in [4.69, 9.17) is 5.11 Å². The van der Waals surface area contributed by atoms with E-state index >= 15 is 0 Å². The van der Waals surface area contributed by atoms with E-state index in [1.807, 2.05) is 0 Å². The number of carboxylic acid groups (broad SMARTS) is 1. The van der Waals surface area contributed by atoms with Gasteiger partial charge in [-0.1, -0.05) is 33.6 Å². The number of carboxylic acids is 1. The number of carbonyl (C=O) groups is 1. The molecule has 1 saturated carbocycles. The van der Waals surface area contributed by atoms with Crippen LogP contribution in [-0.2, 0) is 4.79 Å². The van der Waals surface area contributed by atoms with Crippen molar-refractivity contribution in [2.75, 3.05) is 13.1 Å². The normalized spacial score (nSPS) is 24.6. The predicted molar refractivity (Wildman–Crippen MR) is 65.5 cm³/mol. The summed E-state index contributed by atoms with van der Waals surface area (Å²) in [4.78, 5) is 13.0. The summed E-state index contributed by atoms with van der Waals surface area (Å²) in [5.41, 5.74) is 0.340. The summed E-state index contributed by atoms with van der Waals surface area (Å²) in [5, 5.41) is 8.76. The molecule has 16 heavy (non-hydrogen) atoms. The second kappa shape index (κ2) is 5.67. The molecular formula is C13H25NO2. The largest absolute Gasteiger partial charge is 0.481 e. The van der Waals surface area contributed by atoms with E-state index < -0.39 is 5.97 Å². The molecule has 0 heterocycles. The Morgan fingerprint density at radius 2 is 2.12 bits per heavy atom. The quantitative estimate of drug-likeness (QED) is 0.785. The minimum Gasteiger partial charge on any atom is -0.481 e. The minimum atomic E-state index is -0.688. The van der Waals surface area contributed by atoms with Gasteiger partial charge in [-0.3, -0.25) is 9.69 Å². The van der Waals surface area contributed by atoms with Crippen LogP contribution in [0.3, 0.4) is 0 Å². The summed E-state index contributed by atoms with van der Waals surface area (Å²) in [6, 6.07) is 0.561. The highest BCUT2D eigenvalue weighted by Gasteiger charge is 2.35. The fraction of sp³-hybridized carbons (Fsp3) is 0.923. The van der Waals surface area contributed by atoms with E-state index in [0.717, 1.165) is 6.54 Å². The topological polar surface area (TPSA) is 40.5 Å². The molecule has 3 nitrogen and oxygen atoms in total. The number of rotatable bonds is 5. The minimum absolute atomic E-state index is 0.264. The molecule has 3 heteroatoms. The van der Waals surface area contributed by atoms with Crippen LogP contribution in [0.15, 0.2) is 0 Å². The smallest absolute Gasteiger partial charge is 0.304 e. The van der Waals surface area contributed by atoms with E-state index in [2.05, 4.69) is 25.7 Å². The lowest BCUT2D eigenvalue weighted by Crippen LogP contribution is -2.47. The van der Waals surface area contributed by atoms with E-state index in [0.29, 0.717) is 18.0 Å². The zero-order chi connectivity index (χ0) is 12.2. The third kappa shape index (κ3) is 3.48. The molecular weight excluding hydrogens is 202 g/mol. The second-order valence-corrected chi connectivity index (χ2v) is 5.52. The summed E-state index contributed by atoms with van der Waals surface area (Å²) in [6.45, 7) is 8.42. The Labute approximate surface area is 98.8 Å². The van der Waals surface area contributed by atoms with E-state index in [9.17, 15) is 4.79 Å². The van der Waals surface area contributed by atoms with Gasteiger partial charge in [0.15, 0.2) is 0 Å². The van der Waals surface area contributed by atoms with Crippen LogP contribution in [0, 0.1) is 5.41 Å². The van der Waals surface area contributed by atoms with Crippen LogP contribution in [0.25, 0.3) is 0 Å². The lowest BCUT2D eigenvalue weighted by Gasteiger charge is -2.45. The Morgan fingerprint density at radius 3 is 2.62 bits per heavy atom. The zero-order valence-corrected chi connectivity index (χ0v) is 10.8. The molecule has 0 aromatic carbocycles. The molecule has 0 saturated heterocycles. The molecule has 1 aliphatic rings. The highest BCUT2D eigenvalue weighted by Crippen LogP contribution is 2.38. The van der Waals surface area contributed by atoms with Gasteiger partial charge in [0.2, 0.25) is 0 Å². The van der Waals surface area contributed by atoms with Crippen LogP contribution in [0.1, 0.15) is 52.9 Å². The maximum atomic E-state index is 10.6. The molecule has 0 aromatic rings. The molecule has 1 fully saturated rings. The molecule has 1 unspecified atom stereocenters. The summed E-state index contributed by atoms with van der Waals surface area (Å²) in [6.07, 6.45) is 5.36. The highest BCUT2D eigenvalue weighted by atomic mass is 16.4. The van der Waals surface area contributed by atoms with Crippen LogP contribution in [0.4, 0.5) is 0 Å². The fourth-order valence-corrected chi connectivity index (χ4v) is 2.93. The molecule has 1 atom stereocenters. The van der Waals surface area contributed by atoms with Gasteiger partial charge in [0.05, 0.1) is 6.42 Å². The van der Waals surface area contributed by atoms with E-state index in [1.54, 1.807) is 0 Å².